The van der Waals surface area contributed by atoms with Crippen LogP contribution in [0.15, 0.2) is 42.5 Å². The van der Waals surface area contributed by atoms with Crippen molar-refractivity contribution in [2.75, 3.05) is 17.1 Å². The number of rotatable bonds is 10. The second kappa shape index (κ2) is 11.9. The molecule has 0 aliphatic rings. The highest BCUT2D eigenvalue weighted by molar-refractivity contribution is 7.92. The Balaban J connectivity index is 2.42. The van der Waals surface area contributed by atoms with Gasteiger partial charge in [-0.2, -0.15) is 0 Å². The Morgan fingerprint density at radius 3 is 2.26 bits per heavy atom. The lowest BCUT2D eigenvalue weighted by Gasteiger charge is -2.32. The molecule has 1 N–H and O–H groups in total. The molecule has 0 heterocycles. The first-order chi connectivity index (χ1) is 15.8. The molecule has 0 saturated heterocycles. The minimum absolute atomic E-state index is 0.0415. The fourth-order valence-electron chi connectivity index (χ4n) is 3.21. The van der Waals surface area contributed by atoms with Gasteiger partial charge >= 0.3 is 0 Å². The Morgan fingerprint density at radius 2 is 1.71 bits per heavy atom. The van der Waals surface area contributed by atoms with Gasteiger partial charge in [-0.15, -0.1) is 0 Å². The van der Waals surface area contributed by atoms with E-state index in [9.17, 15) is 18.0 Å². The summed E-state index contributed by atoms with van der Waals surface area (Å²) in [5.74, 6) is -0.882. The predicted octanol–water partition coefficient (Wildman–Crippen LogP) is 4.40. The molecule has 0 aliphatic carbocycles. The lowest BCUT2D eigenvalue weighted by molar-refractivity contribution is -0.139. The molecule has 2 atom stereocenters. The maximum absolute atomic E-state index is 13.5. The third-order valence-electron chi connectivity index (χ3n) is 5.59. The van der Waals surface area contributed by atoms with Crippen LogP contribution in [0.5, 0.6) is 0 Å². The summed E-state index contributed by atoms with van der Waals surface area (Å²) in [6.45, 7) is 6.77. The van der Waals surface area contributed by atoms with Gasteiger partial charge in [0.1, 0.15) is 12.6 Å². The van der Waals surface area contributed by atoms with E-state index in [1.807, 2.05) is 13.8 Å². The molecule has 186 valence electrons. The van der Waals surface area contributed by atoms with Crippen molar-refractivity contribution in [3.05, 3.63) is 63.6 Å². The van der Waals surface area contributed by atoms with Crippen LogP contribution in [0.3, 0.4) is 0 Å². The molecule has 0 bridgehead atoms. The zero-order valence-corrected chi connectivity index (χ0v) is 22.3. The van der Waals surface area contributed by atoms with Crippen molar-refractivity contribution >= 4 is 50.7 Å². The van der Waals surface area contributed by atoms with Crippen molar-refractivity contribution in [2.24, 2.45) is 0 Å². The SMILES string of the molecule is CC[C@@H](C)NC(=O)[C@@H](C)N(Cc1ccccc1Cl)C(=O)CN(c1ccc(C)c(Cl)c1)S(C)(=O)=O. The van der Waals surface area contributed by atoms with Crippen LogP contribution in [-0.4, -0.2) is 50.0 Å². The Kier molecular flexibility index (Phi) is 9.79. The molecular formula is C24H31Cl2N3O4S. The van der Waals surface area contributed by atoms with E-state index in [4.69, 9.17) is 23.2 Å². The van der Waals surface area contributed by atoms with Crippen molar-refractivity contribution in [1.82, 2.24) is 10.2 Å². The van der Waals surface area contributed by atoms with Gasteiger partial charge in [0.2, 0.25) is 21.8 Å². The van der Waals surface area contributed by atoms with Gasteiger partial charge in [0.05, 0.1) is 11.9 Å². The van der Waals surface area contributed by atoms with E-state index in [2.05, 4.69) is 5.32 Å². The molecule has 10 heteroatoms. The molecule has 0 radical (unpaired) electrons. The number of carbonyl (C=O) groups is 2. The molecule has 0 aromatic heterocycles. The van der Waals surface area contributed by atoms with Crippen LogP contribution in [0.4, 0.5) is 5.69 Å². The molecular weight excluding hydrogens is 497 g/mol. The molecule has 0 unspecified atom stereocenters. The van der Waals surface area contributed by atoms with E-state index in [1.54, 1.807) is 50.2 Å². The number of halogens is 2. The number of benzene rings is 2. The summed E-state index contributed by atoms with van der Waals surface area (Å²) in [7, 11) is -3.83. The van der Waals surface area contributed by atoms with Crippen LogP contribution in [0.25, 0.3) is 0 Å². The molecule has 2 aromatic carbocycles. The minimum atomic E-state index is -3.83. The Labute approximate surface area is 212 Å². The van der Waals surface area contributed by atoms with Gasteiger partial charge < -0.3 is 10.2 Å². The molecule has 2 rings (SSSR count). The van der Waals surface area contributed by atoms with Crippen molar-refractivity contribution in [1.29, 1.82) is 0 Å². The van der Waals surface area contributed by atoms with E-state index in [0.29, 0.717) is 15.6 Å². The first-order valence-electron chi connectivity index (χ1n) is 10.9. The smallest absolute Gasteiger partial charge is 0.244 e. The van der Waals surface area contributed by atoms with E-state index in [1.165, 1.54) is 11.0 Å². The zero-order valence-electron chi connectivity index (χ0n) is 20.0. The van der Waals surface area contributed by atoms with E-state index < -0.39 is 28.5 Å². The summed E-state index contributed by atoms with van der Waals surface area (Å²) in [5.41, 5.74) is 1.69. The minimum Gasteiger partial charge on any atom is -0.352 e. The number of amides is 2. The maximum atomic E-state index is 13.5. The largest absolute Gasteiger partial charge is 0.352 e. The monoisotopic (exact) mass is 527 g/mol. The fourth-order valence-corrected chi connectivity index (χ4v) is 4.42. The summed E-state index contributed by atoms with van der Waals surface area (Å²) in [6, 6.07) is 10.8. The predicted molar refractivity (Wildman–Crippen MR) is 138 cm³/mol. The van der Waals surface area contributed by atoms with Crippen molar-refractivity contribution < 1.29 is 18.0 Å². The van der Waals surface area contributed by atoms with Crippen LogP contribution in [0.1, 0.15) is 38.3 Å². The number of nitrogens with zero attached hydrogens (tertiary/aromatic N) is 2. The second-order valence-electron chi connectivity index (χ2n) is 8.31. The van der Waals surface area contributed by atoms with E-state index in [0.717, 1.165) is 22.5 Å². The number of aryl methyl sites for hydroxylation is 1. The van der Waals surface area contributed by atoms with Crippen LogP contribution in [-0.2, 0) is 26.2 Å². The van der Waals surface area contributed by atoms with Gasteiger partial charge in [-0.05, 0) is 56.5 Å². The first-order valence-corrected chi connectivity index (χ1v) is 13.5. The number of nitrogens with one attached hydrogen (secondary N) is 1. The van der Waals surface area contributed by atoms with Crippen molar-refractivity contribution in [3.63, 3.8) is 0 Å². The Hall–Kier alpha value is -2.29. The van der Waals surface area contributed by atoms with Crippen LogP contribution in [0, 0.1) is 6.92 Å². The third kappa shape index (κ3) is 7.35. The standard InChI is InChI=1S/C24H31Cl2N3O4S/c1-6-17(3)27-24(31)18(4)28(14-19-9-7-8-10-21(19)25)23(30)15-29(34(5,32)33)20-12-11-16(2)22(26)13-20/h7-13,17-18H,6,14-15H2,1-5H3,(H,27,31)/t17-,18-/m1/s1. The second-order valence-corrected chi connectivity index (χ2v) is 11.0. The zero-order chi connectivity index (χ0) is 25.6. The summed E-state index contributed by atoms with van der Waals surface area (Å²) < 4.78 is 26.2. The van der Waals surface area contributed by atoms with Gasteiger partial charge in [-0.3, -0.25) is 13.9 Å². The summed E-state index contributed by atoms with van der Waals surface area (Å²) in [5, 5.41) is 3.71. The average Bonchev–Trinajstić information content (AvgIpc) is 2.77. The van der Waals surface area contributed by atoms with Gasteiger partial charge in [0, 0.05) is 22.6 Å². The molecule has 0 fully saturated rings. The first kappa shape index (κ1) is 28.0. The quantitative estimate of drug-likeness (QED) is 0.495. The molecule has 2 aromatic rings. The molecule has 7 nitrogen and oxygen atoms in total. The summed E-state index contributed by atoms with van der Waals surface area (Å²) >= 11 is 12.5. The lowest BCUT2D eigenvalue weighted by Crippen LogP contribution is -2.52. The lowest BCUT2D eigenvalue weighted by atomic mass is 10.1. The highest BCUT2D eigenvalue weighted by atomic mass is 35.5. The molecule has 0 spiro atoms. The van der Waals surface area contributed by atoms with Crippen LogP contribution in [0.2, 0.25) is 10.0 Å². The average molecular weight is 529 g/mol. The number of sulfonamides is 1. The number of hydrogen-bond acceptors (Lipinski definition) is 4. The number of carbonyl (C=O) groups excluding carboxylic acids is 2. The molecule has 2 amide bonds. The highest BCUT2D eigenvalue weighted by Crippen LogP contribution is 2.26. The number of hydrogen-bond donors (Lipinski definition) is 1. The van der Waals surface area contributed by atoms with Gasteiger partial charge in [0.15, 0.2) is 0 Å². The Morgan fingerprint density at radius 1 is 1.06 bits per heavy atom. The van der Waals surface area contributed by atoms with Gasteiger partial charge in [-0.1, -0.05) is 54.4 Å². The van der Waals surface area contributed by atoms with Crippen molar-refractivity contribution in [3.8, 4) is 0 Å². The van der Waals surface area contributed by atoms with Gasteiger partial charge in [0.25, 0.3) is 0 Å². The van der Waals surface area contributed by atoms with Crippen LogP contribution >= 0.6 is 23.2 Å². The highest BCUT2D eigenvalue weighted by Gasteiger charge is 2.31. The topological polar surface area (TPSA) is 86.8 Å². The maximum Gasteiger partial charge on any atom is 0.244 e. The van der Waals surface area contributed by atoms with Crippen molar-refractivity contribution in [2.45, 2.75) is 52.7 Å². The number of anilines is 1. The van der Waals surface area contributed by atoms with E-state index >= 15 is 0 Å². The van der Waals surface area contributed by atoms with E-state index in [-0.39, 0.29) is 24.2 Å². The summed E-state index contributed by atoms with van der Waals surface area (Å²) in [6.07, 6.45) is 1.75. The Bertz CT molecular complexity index is 1140. The van der Waals surface area contributed by atoms with Gasteiger partial charge in [-0.25, -0.2) is 8.42 Å². The molecule has 0 saturated carbocycles. The molecule has 0 aliphatic heterocycles. The molecule has 34 heavy (non-hydrogen) atoms. The third-order valence-corrected chi connectivity index (χ3v) is 7.51. The van der Waals surface area contributed by atoms with Crippen LogP contribution < -0.4 is 9.62 Å². The normalized spacial score (nSPS) is 13.1. The summed E-state index contributed by atoms with van der Waals surface area (Å²) in [4.78, 5) is 27.7. The fraction of sp³-hybridized carbons (Fsp3) is 0.417.